The van der Waals surface area contributed by atoms with Crippen LogP contribution in [0.25, 0.3) is 5.69 Å². The molecule has 6 rings (SSSR count). The summed E-state index contributed by atoms with van der Waals surface area (Å²) in [6.45, 7) is 4.79. The van der Waals surface area contributed by atoms with Crippen LogP contribution in [0.4, 0.5) is 24.7 Å². The quantitative estimate of drug-likeness (QED) is 0.265. The summed E-state index contributed by atoms with van der Waals surface area (Å²) >= 11 is 0. The van der Waals surface area contributed by atoms with Gasteiger partial charge >= 0.3 is 6.18 Å². The third-order valence-corrected chi connectivity index (χ3v) is 8.35. The molecule has 1 aliphatic heterocycles. The highest BCUT2D eigenvalue weighted by atomic mass is 19.4. The van der Waals surface area contributed by atoms with Crippen molar-refractivity contribution < 1.29 is 22.8 Å². The fraction of sp³-hybridized carbons (Fsp3) is 0.314. The highest BCUT2D eigenvalue weighted by Crippen LogP contribution is 2.38. The number of aryl methyl sites for hydroxylation is 1. The van der Waals surface area contributed by atoms with Gasteiger partial charge in [0.15, 0.2) is 0 Å². The average molecular weight is 642 g/mol. The summed E-state index contributed by atoms with van der Waals surface area (Å²) in [5.74, 6) is 6.01. The molecule has 12 heteroatoms. The lowest BCUT2D eigenvalue weighted by atomic mass is 10.0. The van der Waals surface area contributed by atoms with Crippen molar-refractivity contribution in [1.82, 2.24) is 24.3 Å². The molecule has 3 heterocycles. The topological polar surface area (TPSA) is 95.4 Å². The Kier molecular flexibility index (Phi) is 9.11. The van der Waals surface area contributed by atoms with Crippen molar-refractivity contribution in [3.05, 3.63) is 101 Å². The molecule has 0 bridgehead atoms. The molecule has 0 spiro atoms. The molecule has 0 atom stereocenters. The summed E-state index contributed by atoms with van der Waals surface area (Å²) in [5.41, 5.74) is 1.91. The van der Waals surface area contributed by atoms with Crippen LogP contribution in [0, 0.1) is 24.7 Å². The molecule has 1 aliphatic carbocycles. The molecule has 2 fully saturated rings. The minimum Gasteiger partial charge on any atom is -0.322 e. The van der Waals surface area contributed by atoms with Gasteiger partial charge in [-0.1, -0.05) is 17.9 Å². The zero-order chi connectivity index (χ0) is 33.1. The standard InChI is InChI=1S/C35H34F3N7O2/c1-23-3-6-27(17-26(23)7-4-24-5-10-32(40-20-24)42-33(46)25-8-9-25)34(47)41-28-18-30(35(36,37)38)29(21-44-15-13-43(2)14-16-44)31(19-28)45-12-11-39-22-45/h3,5-6,10-12,17-20,22,25H,8-9,13-16,21H2,1-2H3,(H,41,47)(H,40,42,46). The first-order chi connectivity index (χ1) is 22.5. The number of amides is 2. The van der Waals surface area contributed by atoms with Crippen LogP contribution in [0.1, 0.15) is 51.0 Å². The molecule has 0 unspecified atom stereocenters. The number of rotatable bonds is 7. The molecule has 4 aromatic rings. The molecule has 2 aromatic carbocycles. The Morgan fingerprint density at radius 3 is 2.45 bits per heavy atom. The first-order valence-electron chi connectivity index (χ1n) is 15.4. The van der Waals surface area contributed by atoms with Gasteiger partial charge in [-0.3, -0.25) is 14.5 Å². The number of hydrogen-bond acceptors (Lipinski definition) is 6. The van der Waals surface area contributed by atoms with E-state index in [0.29, 0.717) is 35.7 Å². The van der Waals surface area contributed by atoms with Crippen molar-refractivity contribution in [3.8, 4) is 17.5 Å². The van der Waals surface area contributed by atoms with E-state index in [4.69, 9.17) is 0 Å². The van der Waals surface area contributed by atoms with Crippen molar-refractivity contribution in [2.75, 3.05) is 43.9 Å². The number of halogens is 3. The zero-order valence-electron chi connectivity index (χ0n) is 26.1. The summed E-state index contributed by atoms with van der Waals surface area (Å²) < 4.78 is 45.2. The van der Waals surface area contributed by atoms with Crippen molar-refractivity contribution >= 4 is 23.3 Å². The molecule has 9 nitrogen and oxygen atoms in total. The van der Waals surface area contributed by atoms with Gasteiger partial charge in [0.25, 0.3) is 5.91 Å². The fourth-order valence-corrected chi connectivity index (χ4v) is 5.37. The summed E-state index contributed by atoms with van der Waals surface area (Å²) in [7, 11) is 1.99. The van der Waals surface area contributed by atoms with Gasteiger partial charge in [0.2, 0.25) is 5.91 Å². The predicted molar refractivity (Wildman–Crippen MR) is 172 cm³/mol. The molecule has 2 aliphatic rings. The van der Waals surface area contributed by atoms with Crippen LogP contribution in [0.15, 0.2) is 67.4 Å². The Balaban J connectivity index is 1.24. The normalized spacial score (nSPS) is 15.5. The van der Waals surface area contributed by atoms with Gasteiger partial charge < -0.3 is 20.1 Å². The highest BCUT2D eigenvalue weighted by molar-refractivity contribution is 6.04. The maximum absolute atomic E-state index is 14.6. The molecule has 242 valence electrons. The molecule has 2 amide bonds. The van der Waals surface area contributed by atoms with Crippen molar-refractivity contribution in [3.63, 3.8) is 0 Å². The Hall–Kier alpha value is -4.99. The van der Waals surface area contributed by atoms with E-state index in [1.807, 2.05) is 18.9 Å². The molecule has 2 aromatic heterocycles. The smallest absolute Gasteiger partial charge is 0.322 e. The van der Waals surface area contributed by atoms with Crippen molar-refractivity contribution in [2.45, 2.75) is 32.5 Å². The second-order valence-electron chi connectivity index (χ2n) is 12.0. The SMILES string of the molecule is Cc1ccc(C(=O)Nc2cc(-n3ccnc3)c(CN3CCN(C)CC3)c(C(F)(F)F)c2)cc1C#Cc1ccc(NC(=O)C2CC2)nc1. The van der Waals surface area contributed by atoms with Gasteiger partial charge in [-0.15, -0.1) is 0 Å². The van der Waals surface area contributed by atoms with Gasteiger partial charge in [-0.05, 0) is 68.8 Å². The highest BCUT2D eigenvalue weighted by Gasteiger charge is 2.36. The number of anilines is 2. The van der Waals surface area contributed by atoms with Gasteiger partial charge in [0.1, 0.15) is 5.82 Å². The number of carbonyl (C=O) groups is 2. The number of nitrogens with zero attached hydrogens (tertiary/aromatic N) is 5. The van der Waals surface area contributed by atoms with Gasteiger partial charge in [0.05, 0.1) is 17.6 Å². The number of alkyl halides is 3. The lowest BCUT2D eigenvalue weighted by Crippen LogP contribution is -2.44. The number of pyridine rings is 1. The van der Waals surface area contributed by atoms with Crippen LogP contribution in [-0.4, -0.2) is 69.4 Å². The van der Waals surface area contributed by atoms with Crippen LogP contribution in [0.3, 0.4) is 0 Å². The van der Waals surface area contributed by atoms with Crippen LogP contribution in [-0.2, 0) is 17.5 Å². The fourth-order valence-electron chi connectivity index (χ4n) is 5.37. The summed E-state index contributed by atoms with van der Waals surface area (Å²) in [6.07, 6.45) is 3.25. The second-order valence-corrected chi connectivity index (χ2v) is 12.0. The van der Waals surface area contributed by atoms with E-state index < -0.39 is 17.6 Å². The number of piperazine rings is 1. The molecule has 1 saturated heterocycles. The van der Waals surface area contributed by atoms with E-state index in [1.165, 1.54) is 17.1 Å². The summed E-state index contributed by atoms with van der Waals surface area (Å²) in [5, 5.41) is 5.46. The van der Waals surface area contributed by atoms with Crippen LogP contribution < -0.4 is 10.6 Å². The molecular formula is C35H34F3N7O2. The molecule has 1 saturated carbocycles. The Morgan fingerprint density at radius 2 is 1.79 bits per heavy atom. The number of hydrogen-bond donors (Lipinski definition) is 2. The molecular weight excluding hydrogens is 607 g/mol. The first-order valence-corrected chi connectivity index (χ1v) is 15.4. The predicted octanol–water partition coefficient (Wildman–Crippen LogP) is 5.34. The largest absolute Gasteiger partial charge is 0.416 e. The Morgan fingerprint density at radius 1 is 1.00 bits per heavy atom. The Labute approximate surface area is 270 Å². The molecule has 47 heavy (non-hydrogen) atoms. The number of likely N-dealkylation sites (N-methyl/N-ethyl adjacent to an activating group) is 1. The van der Waals surface area contributed by atoms with E-state index in [9.17, 15) is 22.8 Å². The third kappa shape index (κ3) is 7.88. The lowest BCUT2D eigenvalue weighted by molar-refractivity contribution is -0.138. The average Bonchev–Trinajstić information content (AvgIpc) is 3.76. The van der Waals surface area contributed by atoms with Crippen LogP contribution in [0.2, 0.25) is 0 Å². The van der Waals surface area contributed by atoms with Crippen molar-refractivity contribution in [1.29, 1.82) is 0 Å². The van der Waals surface area contributed by atoms with E-state index in [-0.39, 0.29) is 35.2 Å². The van der Waals surface area contributed by atoms with E-state index in [0.717, 1.165) is 37.6 Å². The van der Waals surface area contributed by atoms with E-state index in [1.54, 1.807) is 48.8 Å². The van der Waals surface area contributed by atoms with Crippen LogP contribution in [0.5, 0.6) is 0 Å². The number of nitrogens with one attached hydrogen (secondary N) is 2. The minimum absolute atomic E-state index is 0.0151. The maximum atomic E-state index is 14.6. The minimum atomic E-state index is -4.65. The van der Waals surface area contributed by atoms with Gasteiger partial charge in [-0.25, -0.2) is 9.97 Å². The second kappa shape index (κ2) is 13.4. The molecule has 0 radical (unpaired) electrons. The van der Waals surface area contributed by atoms with Crippen LogP contribution >= 0.6 is 0 Å². The van der Waals surface area contributed by atoms with Gasteiger partial charge in [-0.2, -0.15) is 13.2 Å². The summed E-state index contributed by atoms with van der Waals surface area (Å²) in [4.78, 5) is 37.8. The maximum Gasteiger partial charge on any atom is 0.416 e. The van der Waals surface area contributed by atoms with Gasteiger partial charge in [0, 0.05) is 85.2 Å². The summed E-state index contributed by atoms with van der Waals surface area (Å²) in [6, 6.07) is 10.9. The van der Waals surface area contributed by atoms with Crippen molar-refractivity contribution in [2.24, 2.45) is 5.92 Å². The Bertz CT molecular complexity index is 1830. The first kappa shape index (κ1) is 32.0. The zero-order valence-corrected chi connectivity index (χ0v) is 26.1. The number of aromatic nitrogens is 3. The third-order valence-electron chi connectivity index (χ3n) is 8.35. The van der Waals surface area contributed by atoms with E-state index >= 15 is 0 Å². The lowest BCUT2D eigenvalue weighted by Gasteiger charge is -2.33. The molecule has 2 N–H and O–H groups in total. The number of benzene rings is 2. The number of carbonyl (C=O) groups excluding carboxylic acids is 2. The monoisotopic (exact) mass is 641 g/mol. The number of imidazole rings is 1. The van der Waals surface area contributed by atoms with E-state index in [2.05, 4.69) is 37.3 Å².